The number of hydrogen-bond acceptors (Lipinski definition) is 4. The number of methoxy groups -OCH3 is 1. The van der Waals surface area contributed by atoms with Crippen LogP contribution in [-0.2, 0) is 0 Å². The Bertz CT molecular complexity index is 597. The van der Waals surface area contributed by atoms with Gasteiger partial charge in [-0.25, -0.2) is 0 Å². The highest BCUT2D eigenvalue weighted by atomic mass is 35.5. The first kappa shape index (κ1) is 12.7. The first-order valence-electron chi connectivity index (χ1n) is 5.50. The van der Waals surface area contributed by atoms with Gasteiger partial charge in [-0.2, -0.15) is 4.98 Å². The van der Waals surface area contributed by atoms with E-state index in [9.17, 15) is 4.79 Å². The second-order valence-corrected chi connectivity index (χ2v) is 4.03. The van der Waals surface area contributed by atoms with Crippen molar-refractivity contribution < 1.29 is 9.47 Å². The lowest BCUT2D eigenvalue weighted by Gasteiger charge is -2.11. The van der Waals surface area contributed by atoms with Crippen molar-refractivity contribution in [2.75, 3.05) is 19.6 Å². The molecule has 0 radical (unpaired) electrons. The summed E-state index contributed by atoms with van der Waals surface area (Å²) in [5.41, 5.74) is 0.366. The average molecular weight is 269 g/mol. The Labute approximate surface area is 109 Å². The topological polar surface area (TPSA) is 64.2 Å². The highest BCUT2D eigenvalue weighted by Crippen LogP contribution is 2.30. The molecule has 0 aliphatic carbocycles. The van der Waals surface area contributed by atoms with E-state index in [4.69, 9.17) is 21.1 Å². The molecular formula is C12H13ClN2O3. The van der Waals surface area contributed by atoms with Gasteiger partial charge in [-0.05, 0) is 12.5 Å². The number of fused-ring (bicyclic) bond motifs is 1. The molecule has 5 nitrogen and oxygen atoms in total. The maximum atomic E-state index is 11.6. The van der Waals surface area contributed by atoms with Crippen molar-refractivity contribution in [1.29, 1.82) is 0 Å². The molecule has 0 aliphatic heterocycles. The number of nitrogens with zero attached hydrogens (tertiary/aromatic N) is 1. The molecule has 0 amide bonds. The summed E-state index contributed by atoms with van der Waals surface area (Å²) in [6.45, 7) is 0.476. The summed E-state index contributed by atoms with van der Waals surface area (Å²) in [4.78, 5) is 18.2. The van der Waals surface area contributed by atoms with Gasteiger partial charge in [0, 0.05) is 11.9 Å². The molecule has 1 aromatic heterocycles. The number of aromatic nitrogens is 2. The van der Waals surface area contributed by atoms with Gasteiger partial charge < -0.3 is 14.5 Å². The second-order valence-electron chi connectivity index (χ2n) is 3.65. The summed E-state index contributed by atoms with van der Waals surface area (Å²) in [5, 5.41) is 0.471. The van der Waals surface area contributed by atoms with Gasteiger partial charge in [0.15, 0.2) is 11.5 Å². The van der Waals surface area contributed by atoms with Crippen LogP contribution in [-0.4, -0.2) is 29.6 Å². The largest absolute Gasteiger partial charge is 0.493 e. The van der Waals surface area contributed by atoms with Crippen LogP contribution in [0, 0.1) is 0 Å². The zero-order valence-corrected chi connectivity index (χ0v) is 10.7. The molecule has 1 aromatic carbocycles. The lowest BCUT2D eigenvalue weighted by Crippen LogP contribution is -2.07. The molecule has 2 rings (SSSR count). The minimum Gasteiger partial charge on any atom is -0.493 e. The number of hydrogen-bond donors (Lipinski definition) is 1. The molecule has 1 N–H and O–H groups in total. The van der Waals surface area contributed by atoms with Crippen LogP contribution in [0.1, 0.15) is 6.42 Å². The Hall–Kier alpha value is -1.75. The number of H-pyrrole nitrogens is 1. The van der Waals surface area contributed by atoms with E-state index < -0.39 is 0 Å². The Balaban J connectivity index is 2.43. The Morgan fingerprint density at radius 2 is 2.22 bits per heavy atom. The van der Waals surface area contributed by atoms with Crippen molar-refractivity contribution in [3.63, 3.8) is 0 Å². The number of nitrogens with one attached hydrogen (secondary N) is 1. The SMILES string of the molecule is COc1cc2[nH]cnc(=O)c2cc1OCCCCl. The summed E-state index contributed by atoms with van der Waals surface area (Å²) in [7, 11) is 1.55. The summed E-state index contributed by atoms with van der Waals surface area (Å²) in [5.74, 6) is 1.62. The first-order chi connectivity index (χ1) is 8.76. The highest BCUT2D eigenvalue weighted by Gasteiger charge is 2.09. The van der Waals surface area contributed by atoms with Crippen LogP contribution in [0.3, 0.4) is 0 Å². The van der Waals surface area contributed by atoms with Crippen LogP contribution < -0.4 is 15.0 Å². The fourth-order valence-electron chi connectivity index (χ4n) is 1.60. The molecule has 0 saturated carbocycles. The molecule has 0 saturated heterocycles. The standard InChI is InChI=1S/C12H13ClN2O3/c1-17-10-6-9-8(12(16)15-7-14-9)5-11(10)18-4-2-3-13/h5-7H,2-4H2,1H3,(H,14,15,16). The minimum absolute atomic E-state index is 0.298. The van der Waals surface area contributed by atoms with Gasteiger partial charge in [0.1, 0.15) is 0 Å². The van der Waals surface area contributed by atoms with E-state index in [0.717, 1.165) is 6.42 Å². The Morgan fingerprint density at radius 3 is 2.94 bits per heavy atom. The van der Waals surface area contributed by atoms with E-state index in [0.29, 0.717) is 34.9 Å². The van der Waals surface area contributed by atoms with Crippen LogP contribution in [0.5, 0.6) is 11.5 Å². The van der Waals surface area contributed by atoms with Gasteiger partial charge in [0.05, 0.1) is 30.9 Å². The fraction of sp³-hybridized carbons (Fsp3) is 0.333. The third-order valence-electron chi connectivity index (χ3n) is 2.47. The smallest absolute Gasteiger partial charge is 0.280 e. The van der Waals surface area contributed by atoms with E-state index in [-0.39, 0.29) is 5.56 Å². The number of ether oxygens (including phenoxy) is 2. The minimum atomic E-state index is -0.298. The molecule has 96 valence electrons. The molecule has 0 fully saturated rings. The first-order valence-corrected chi connectivity index (χ1v) is 6.04. The normalized spacial score (nSPS) is 10.6. The quantitative estimate of drug-likeness (QED) is 0.665. The van der Waals surface area contributed by atoms with Crippen molar-refractivity contribution in [3.05, 3.63) is 28.8 Å². The van der Waals surface area contributed by atoms with E-state index >= 15 is 0 Å². The number of benzene rings is 1. The summed E-state index contributed by atoms with van der Waals surface area (Å²) < 4.78 is 10.8. The van der Waals surface area contributed by atoms with Crippen LogP contribution in [0.25, 0.3) is 10.9 Å². The molecule has 6 heteroatoms. The van der Waals surface area contributed by atoms with Crippen LogP contribution in [0.2, 0.25) is 0 Å². The van der Waals surface area contributed by atoms with E-state index in [1.807, 2.05) is 0 Å². The Kier molecular flexibility index (Phi) is 4.04. The molecule has 0 aliphatic rings. The van der Waals surface area contributed by atoms with Crippen LogP contribution >= 0.6 is 11.6 Å². The molecular weight excluding hydrogens is 256 g/mol. The molecule has 18 heavy (non-hydrogen) atoms. The van der Waals surface area contributed by atoms with Gasteiger partial charge in [0.2, 0.25) is 0 Å². The summed E-state index contributed by atoms with van der Waals surface area (Å²) >= 11 is 5.59. The maximum Gasteiger partial charge on any atom is 0.280 e. The predicted molar refractivity (Wildman–Crippen MR) is 69.7 cm³/mol. The molecule has 1 heterocycles. The van der Waals surface area contributed by atoms with Crippen LogP contribution in [0.15, 0.2) is 23.3 Å². The third-order valence-corrected chi connectivity index (χ3v) is 2.74. The zero-order valence-electron chi connectivity index (χ0n) is 9.90. The summed E-state index contributed by atoms with van der Waals surface area (Å²) in [6, 6.07) is 3.35. The van der Waals surface area contributed by atoms with Gasteiger partial charge >= 0.3 is 0 Å². The molecule has 2 aromatic rings. The fourth-order valence-corrected chi connectivity index (χ4v) is 1.70. The predicted octanol–water partition coefficient (Wildman–Crippen LogP) is 1.94. The third kappa shape index (κ3) is 2.56. The van der Waals surface area contributed by atoms with E-state index in [1.165, 1.54) is 6.33 Å². The van der Waals surface area contributed by atoms with Crippen molar-refractivity contribution in [1.82, 2.24) is 9.97 Å². The molecule has 0 unspecified atom stereocenters. The van der Waals surface area contributed by atoms with E-state index in [2.05, 4.69) is 9.97 Å². The molecule has 0 atom stereocenters. The Morgan fingerprint density at radius 1 is 1.39 bits per heavy atom. The number of aromatic amines is 1. The van der Waals surface area contributed by atoms with Gasteiger partial charge in [-0.1, -0.05) is 0 Å². The van der Waals surface area contributed by atoms with Crippen molar-refractivity contribution in [2.24, 2.45) is 0 Å². The molecule has 0 bridgehead atoms. The van der Waals surface area contributed by atoms with E-state index in [1.54, 1.807) is 19.2 Å². The van der Waals surface area contributed by atoms with Crippen molar-refractivity contribution >= 4 is 22.5 Å². The zero-order chi connectivity index (χ0) is 13.0. The van der Waals surface area contributed by atoms with Gasteiger partial charge in [-0.3, -0.25) is 4.79 Å². The van der Waals surface area contributed by atoms with Gasteiger partial charge in [-0.15, -0.1) is 11.6 Å². The van der Waals surface area contributed by atoms with Crippen LogP contribution in [0.4, 0.5) is 0 Å². The number of alkyl halides is 1. The summed E-state index contributed by atoms with van der Waals surface area (Å²) in [6.07, 6.45) is 2.09. The van der Waals surface area contributed by atoms with Crippen molar-refractivity contribution in [2.45, 2.75) is 6.42 Å². The highest BCUT2D eigenvalue weighted by molar-refractivity contribution is 6.17. The molecule has 0 spiro atoms. The monoisotopic (exact) mass is 268 g/mol. The van der Waals surface area contributed by atoms with Gasteiger partial charge in [0.25, 0.3) is 5.56 Å². The number of rotatable bonds is 5. The number of halogens is 1. The second kappa shape index (κ2) is 5.73. The maximum absolute atomic E-state index is 11.6. The average Bonchev–Trinajstić information content (AvgIpc) is 2.39. The lowest BCUT2D eigenvalue weighted by molar-refractivity contribution is 0.295. The lowest BCUT2D eigenvalue weighted by atomic mass is 10.2. The van der Waals surface area contributed by atoms with Crippen molar-refractivity contribution in [3.8, 4) is 11.5 Å².